The summed E-state index contributed by atoms with van der Waals surface area (Å²) in [6.07, 6.45) is 1.82. The predicted molar refractivity (Wildman–Crippen MR) is 160 cm³/mol. The third-order valence-electron chi connectivity index (χ3n) is 6.14. The topological polar surface area (TPSA) is 51.1 Å². The number of halogens is 2. The van der Waals surface area contributed by atoms with Crippen molar-refractivity contribution in [3.05, 3.63) is 105 Å². The van der Waals surface area contributed by atoms with E-state index in [4.69, 9.17) is 9.47 Å². The molecule has 1 fully saturated rings. The van der Waals surface area contributed by atoms with Gasteiger partial charge in [-0.3, -0.25) is 9.69 Å². The molecule has 4 aromatic rings. The lowest BCUT2D eigenvalue weighted by Gasteiger charge is -2.16. The highest BCUT2D eigenvalue weighted by atomic mass is 79.9. The number of nitrogens with zero attached hydrogens (tertiary/aromatic N) is 2. The van der Waals surface area contributed by atoms with Gasteiger partial charge in [0.15, 0.2) is 16.7 Å². The fourth-order valence-corrected chi connectivity index (χ4v) is 5.93. The number of likely N-dealkylation sites (N-methyl/N-ethyl adjacent to an activating group) is 1. The Morgan fingerprint density at radius 2 is 1.77 bits per heavy atom. The van der Waals surface area contributed by atoms with E-state index in [-0.39, 0.29) is 11.7 Å². The summed E-state index contributed by atoms with van der Waals surface area (Å²) in [5, 5.41) is 2.86. The van der Waals surface area contributed by atoms with Crippen LogP contribution in [0.5, 0.6) is 11.5 Å². The number of fused-ring (bicyclic) bond motifs is 1. The Morgan fingerprint density at radius 3 is 2.54 bits per heavy atom. The van der Waals surface area contributed by atoms with E-state index in [1.165, 1.54) is 23.9 Å². The number of aliphatic imine (C=N–C) groups is 1. The summed E-state index contributed by atoms with van der Waals surface area (Å²) < 4.78 is 26.2. The van der Waals surface area contributed by atoms with Gasteiger partial charge in [0, 0.05) is 6.54 Å². The van der Waals surface area contributed by atoms with Crippen LogP contribution in [0.25, 0.3) is 16.8 Å². The summed E-state index contributed by atoms with van der Waals surface area (Å²) in [5.41, 5.74) is 2.45. The van der Waals surface area contributed by atoms with E-state index in [1.54, 1.807) is 17.0 Å². The summed E-state index contributed by atoms with van der Waals surface area (Å²) in [5.74, 6) is 0.726. The predicted octanol–water partition coefficient (Wildman–Crippen LogP) is 8.34. The zero-order chi connectivity index (χ0) is 27.4. The maximum absolute atomic E-state index is 13.3. The molecule has 5 nitrogen and oxygen atoms in total. The summed E-state index contributed by atoms with van der Waals surface area (Å²) >= 11 is 4.94. The van der Waals surface area contributed by atoms with Crippen LogP contribution in [0.2, 0.25) is 0 Å². The van der Waals surface area contributed by atoms with Crippen LogP contribution in [0, 0.1) is 5.82 Å². The minimum Gasteiger partial charge on any atom is -0.490 e. The molecular formula is C31H26BrFN2O3S. The van der Waals surface area contributed by atoms with Crippen LogP contribution < -0.4 is 9.47 Å². The van der Waals surface area contributed by atoms with Crippen molar-refractivity contribution in [1.29, 1.82) is 0 Å². The molecule has 0 spiro atoms. The second-order valence-electron chi connectivity index (χ2n) is 8.72. The normalized spacial score (nSPS) is 15.5. The monoisotopic (exact) mass is 604 g/mol. The molecule has 1 heterocycles. The third-order valence-corrected chi connectivity index (χ3v) is 7.73. The molecular weight excluding hydrogens is 579 g/mol. The van der Waals surface area contributed by atoms with Crippen molar-refractivity contribution in [2.24, 2.45) is 4.99 Å². The number of hydrogen-bond donors (Lipinski definition) is 0. The number of benzene rings is 4. The molecule has 8 heteroatoms. The van der Waals surface area contributed by atoms with Gasteiger partial charge in [0.1, 0.15) is 12.4 Å². The Morgan fingerprint density at radius 1 is 1.00 bits per heavy atom. The Hall–Kier alpha value is -3.62. The molecule has 39 heavy (non-hydrogen) atoms. The minimum absolute atomic E-state index is 0.131. The van der Waals surface area contributed by atoms with Crippen LogP contribution in [-0.4, -0.2) is 29.1 Å². The van der Waals surface area contributed by atoms with Gasteiger partial charge in [-0.2, -0.15) is 0 Å². The standard InChI is InChI=1S/C31H26BrFN2O3S/c1-3-35-30(36)28(39-31(35)34-24-14-12-23(33)13-15-24)18-20-16-26(32)29(27(17-20)37-4-2)38-19-22-10-7-9-21-8-5-6-11-25(21)22/h5-18H,3-4,19H2,1-2H3/b28-18+,34-31?. The third kappa shape index (κ3) is 6.02. The number of ether oxygens (including phenoxy) is 2. The van der Waals surface area contributed by atoms with E-state index < -0.39 is 0 Å². The lowest BCUT2D eigenvalue weighted by atomic mass is 10.1. The van der Waals surface area contributed by atoms with Gasteiger partial charge in [-0.05, 0) is 106 Å². The number of amides is 1. The van der Waals surface area contributed by atoms with Crippen LogP contribution in [0.15, 0.2) is 93.2 Å². The first-order valence-corrected chi connectivity index (χ1v) is 14.2. The van der Waals surface area contributed by atoms with Gasteiger partial charge in [0.25, 0.3) is 5.91 Å². The summed E-state index contributed by atoms with van der Waals surface area (Å²) in [7, 11) is 0. The van der Waals surface area contributed by atoms with Gasteiger partial charge in [-0.25, -0.2) is 9.38 Å². The SMILES string of the molecule is CCOc1cc(/C=C2/SC(=Nc3ccc(F)cc3)N(CC)C2=O)cc(Br)c1OCc1cccc2ccccc12. The van der Waals surface area contributed by atoms with E-state index in [0.717, 1.165) is 26.4 Å². The molecule has 4 aromatic carbocycles. The van der Waals surface area contributed by atoms with E-state index in [1.807, 2.05) is 50.3 Å². The molecule has 0 atom stereocenters. The van der Waals surface area contributed by atoms with Crippen LogP contribution in [0.4, 0.5) is 10.1 Å². The maximum atomic E-state index is 13.3. The molecule has 1 saturated heterocycles. The fraction of sp³-hybridized carbons (Fsp3) is 0.161. The number of carbonyl (C=O) groups excluding carboxylic acids is 1. The van der Waals surface area contributed by atoms with E-state index in [9.17, 15) is 9.18 Å². The number of carbonyl (C=O) groups is 1. The van der Waals surface area contributed by atoms with E-state index in [2.05, 4.69) is 45.2 Å². The molecule has 0 aliphatic carbocycles. The van der Waals surface area contributed by atoms with Crippen molar-refractivity contribution in [3.63, 3.8) is 0 Å². The number of hydrogen-bond acceptors (Lipinski definition) is 5. The van der Waals surface area contributed by atoms with E-state index in [0.29, 0.717) is 47.0 Å². The molecule has 1 aliphatic heterocycles. The van der Waals surface area contributed by atoms with Crippen LogP contribution in [0.3, 0.4) is 0 Å². The number of rotatable bonds is 8. The second-order valence-corrected chi connectivity index (χ2v) is 10.6. The highest BCUT2D eigenvalue weighted by Gasteiger charge is 2.32. The Bertz CT molecular complexity index is 1580. The zero-order valence-corrected chi connectivity index (χ0v) is 23.9. The molecule has 1 amide bonds. The van der Waals surface area contributed by atoms with Gasteiger partial charge in [0.05, 0.1) is 21.7 Å². The number of thioether (sulfide) groups is 1. The van der Waals surface area contributed by atoms with Crippen LogP contribution in [-0.2, 0) is 11.4 Å². The second kappa shape index (κ2) is 12.1. The Balaban J connectivity index is 1.42. The van der Waals surface area contributed by atoms with Crippen molar-refractivity contribution in [1.82, 2.24) is 4.90 Å². The first kappa shape index (κ1) is 27.0. The van der Waals surface area contributed by atoms with Gasteiger partial charge in [0.2, 0.25) is 0 Å². The van der Waals surface area contributed by atoms with Gasteiger partial charge < -0.3 is 9.47 Å². The fourth-order valence-electron chi connectivity index (χ4n) is 4.29. The van der Waals surface area contributed by atoms with Crippen molar-refractivity contribution in [3.8, 4) is 11.5 Å². The summed E-state index contributed by atoms with van der Waals surface area (Å²) in [6, 6.07) is 24.0. The Labute approximate surface area is 239 Å². The quantitative estimate of drug-likeness (QED) is 0.190. The molecule has 0 unspecified atom stereocenters. The van der Waals surface area contributed by atoms with Gasteiger partial charge >= 0.3 is 0 Å². The van der Waals surface area contributed by atoms with Crippen molar-refractivity contribution in [2.75, 3.05) is 13.2 Å². The van der Waals surface area contributed by atoms with Crippen LogP contribution >= 0.6 is 27.7 Å². The smallest absolute Gasteiger partial charge is 0.266 e. The Kier molecular flexibility index (Phi) is 8.33. The van der Waals surface area contributed by atoms with Crippen LogP contribution in [0.1, 0.15) is 25.0 Å². The largest absolute Gasteiger partial charge is 0.490 e. The molecule has 0 aromatic heterocycles. The molecule has 0 saturated carbocycles. The average Bonchev–Trinajstić information content (AvgIpc) is 3.22. The highest BCUT2D eigenvalue weighted by molar-refractivity contribution is 9.10. The first-order chi connectivity index (χ1) is 19.0. The maximum Gasteiger partial charge on any atom is 0.266 e. The van der Waals surface area contributed by atoms with Crippen molar-refractivity contribution < 1.29 is 18.7 Å². The van der Waals surface area contributed by atoms with Gasteiger partial charge in [-0.1, -0.05) is 42.5 Å². The lowest BCUT2D eigenvalue weighted by molar-refractivity contribution is -0.122. The van der Waals surface area contributed by atoms with E-state index >= 15 is 0 Å². The van der Waals surface area contributed by atoms with Crippen molar-refractivity contribution >= 4 is 61.3 Å². The van der Waals surface area contributed by atoms with Gasteiger partial charge in [-0.15, -0.1) is 0 Å². The molecule has 1 aliphatic rings. The first-order valence-electron chi connectivity index (χ1n) is 12.6. The molecule has 5 rings (SSSR count). The summed E-state index contributed by atoms with van der Waals surface area (Å²) in [4.78, 5) is 19.9. The highest BCUT2D eigenvalue weighted by Crippen LogP contribution is 2.40. The number of amidine groups is 1. The van der Waals surface area contributed by atoms with Crippen molar-refractivity contribution in [2.45, 2.75) is 20.5 Å². The average molecular weight is 606 g/mol. The summed E-state index contributed by atoms with van der Waals surface area (Å²) in [6.45, 7) is 5.12. The zero-order valence-electron chi connectivity index (χ0n) is 21.5. The molecule has 0 radical (unpaired) electrons. The molecule has 198 valence electrons. The lowest BCUT2D eigenvalue weighted by Crippen LogP contribution is -2.28. The molecule has 0 N–H and O–H groups in total. The molecule has 0 bridgehead atoms. The minimum atomic E-state index is -0.331.